The van der Waals surface area contributed by atoms with Gasteiger partial charge in [0.1, 0.15) is 11.8 Å². The van der Waals surface area contributed by atoms with E-state index in [4.69, 9.17) is 11.6 Å². The normalized spacial score (nSPS) is 16.0. The Morgan fingerprint density at radius 3 is 2.39 bits per heavy atom. The Morgan fingerprint density at radius 1 is 1.11 bits per heavy atom. The molecule has 2 N–H and O–H groups in total. The van der Waals surface area contributed by atoms with Crippen LogP contribution in [-0.4, -0.2) is 48.8 Å². The number of hydrogen-bond acceptors (Lipinski definition) is 4. The van der Waals surface area contributed by atoms with E-state index in [1.807, 2.05) is 24.3 Å². The number of likely N-dealkylation sites (tertiary alicyclic amines) is 1. The van der Waals surface area contributed by atoms with Gasteiger partial charge in [-0.25, -0.2) is 0 Å². The van der Waals surface area contributed by atoms with E-state index in [1.165, 1.54) is 17.7 Å². The van der Waals surface area contributed by atoms with Crippen LogP contribution in [-0.2, 0) is 11.3 Å². The van der Waals surface area contributed by atoms with Crippen LogP contribution >= 0.6 is 11.6 Å². The molecule has 36 heavy (non-hydrogen) atoms. The summed E-state index contributed by atoms with van der Waals surface area (Å²) in [5.41, 5.74) is 1.18. The molecule has 0 spiro atoms. The quantitative estimate of drug-likeness (QED) is 0.482. The topological polar surface area (TPSA) is 70.7 Å². The van der Waals surface area contributed by atoms with E-state index in [-0.39, 0.29) is 17.4 Å². The van der Waals surface area contributed by atoms with Crippen molar-refractivity contribution >= 4 is 23.4 Å². The first-order valence-electron chi connectivity index (χ1n) is 11.9. The lowest BCUT2D eigenvalue weighted by Gasteiger charge is -2.32. The molecule has 1 saturated heterocycles. The minimum absolute atomic E-state index is 0.0248. The van der Waals surface area contributed by atoms with Crippen LogP contribution in [0.15, 0.2) is 48.5 Å². The van der Waals surface area contributed by atoms with Crippen molar-refractivity contribution in [2.45, 2.75) is 45.6 Å². The van der Waals surface area contributed by atoms with E-state index < -0.39 is 24.1 Å². The minimum Gasteiger partial charge on any atom is -0.406 e. The molecule has 0 aliphatic carbocycles. The molecular formula is C26H31ClF3N3O3. The van der Waals surface area contributed by atoms with Gasteiger partial charge in [0.15, 0.2) is 0 Å². The van der Waals surface area contributed by atoms with Gasteiger partial charge in [-0.1, -0.05) is 43.6 Å². The van der Waals surface area contributed by atoms with Crippen molar-refractivity contribution in [2.75, 3.05) is 19.6 Å². The maximum atomic E-state index is 12.9. The fourth-order valence-corrected chi connectivity index (χ4v) is 4.27. The number of ether oxygens (including phenoxy) is 1. The van der Waals surface area contributed by atoms with Gasteiger partial charge in [-0.3, -0.25) is 14.5 Å². The summed E-state index contributed by atoms with van der Waals surface area (Å²) in [6.07, 6.45) is -2.97. The third kappa shape index (κ3) is 8.71. The highest BCUT2D eigenvalue weighted by molar-refractivity contribution is 6.30. The summed E-state index contributed by atoms with van der Waals surface area (Å²) in [5, 5.41) is 6.30. The van der Waals surface area contributed by atoms with Gasteiger partial charge in [0.05, 0.1) is 0 Å². The number of nitrogens with one attached hydrogen (secondary N) is 2. The van der Waals surface area contributed by atoms with E-state index >= 15 is 0 Å². The number of alkyl halides is 3. The number of halogens is 4. The Kier molecular flexibility index (Phi) is 9.62. The highest BCUT2D eigenvalue weighted by Gasteiger charge is 2.31. The predicted molar refractivity (Wildman–Crippen MR) is 132 cm³/mol. The summed E-state index contributed by atoms with van der Waals surface area (Å²) in [4.78, 5) is 27.9. The average molecular weight is 526 g/mol. The SMILES string of the molecule is CC(C)C(NC(=O)c1cccc(OC(F)(F)F)c1)C(=O)NCC1CCN(Cc2ccc(Cl)cc2)CC1. The molecule has 2 aromatic carbocycles. The van der Waals surface area contributed by atoms with Gasteiger partial charge >= 0.3 is 6.36 Å². The second kappa shape index (κ2) is 12.5. The molecule has 0 radical (unpaired) electrons. The lowest BCUT2D eigenvalue weighted by molar-refractivity contribution is -0.274. The molecule has 1 aliphatic rings. The van der Waals surface area contributed by atoms with Crippen LogP contribution in [0.25, 0.3) is 0 Å². The van der Waals surface area contributed by atoms with Gasteiger partial charge in [-0.15, -0.1) is 13.2 Å². The van der Waals surface area contributed by atoms with Gasteiger partial charge in [0, 0.05) is 23.7 Å². The first kappa shape index (κ1) is 27.8. The van der Waals surface area contributed by atoms with Crippen molar-refractivity contribution < 1.29 is 27.5 Å². The first-order chi connectivity index (χ1) is 17.0. The predicted octanol–water partition coefficient (Wildman–Crippen LogP) is 5.02. The second-order valence-corrected chi connectivity index (χ2v) is 9.80. The zero-order valence-electron chi connectivity index (χ0n) is 20.3. The number of hydrogen-bond donors (Lipinski definition) is 2. The van der Waals surface area contributed by atoms with E-state index in [1.54, 1.807) is 13.8 Å². The molecular weight excluding hydrogens is 495 g/mol. The molecule has 10 heteroatoms. The first-order valence-corrected chi connectivity index (χ1v) is 12.3. The number of amides is 2. The molecule has 3 rings (SSSR count). The van der Waals surface area contributed by atoms with Gasteiger partial charge in [0.2, 0.25) is 5.91 Å². The number of rotatable bonds is 9. The average Bonchev–Trinajstić information content (AvgIpc) is 2.82. The summed E-state index contributed by atoms with van der Waals surface area (Å²) in [7, 11) is 0. The highest BCUT2D eigenvalue weighted by Crippen LogP contribution is 2.24. The van der Waals surface area contributed by atoms with E-state index in [9.17, 15) is 22.8 Å². The van der Waals surface area contributed by atoms with Crippen LogP contribution < -0.4 is 15.4 Å². The maximum Gasteiger partial charge on any atom is 0.573 e. The third-order valence-corrected chi connectivity index (χ3v) is 6.41. The van der Waals surface area contributed by atoms with E-state index in [2.05, 4.69) is 20.3 Å². The molecule has 1 heterocycles. The van der Waals surface area contributed by atoms with E-state index in [0.717, 1.165) is 44.6 Å². The van der Waals surface area contributed by atoms with Gasteiger partial charge in [-0.2, -0.15) is 0 Å². The number of carbonyl (C=O) groups excluding carboxylic acids is 2. The standard InChI is InChI=1S/C26H31ClF3N3O3/c1-17(2)23(32-24(34)20-4-3-5-22(14-20)36-26(28,29)30)25(35)31-15-18-10-12-33(13-11-18)16-19-6-8-21(27)9-7-19/h3-9,14,17-18,23H,10-13,15-16H2,1-2H3,(H,31,35)(H,32,34). The van der Waals surface area contributed by atoms with Crippen LogP contribution in [0.1, 0.15) is 42.6 Å². The Labute approximate surface area is 214 Å². The molecule has 0 aromatic heterocycles. The van der Waals surface area contributed by atoms with Crippen molar-refractivity contribution in [1.82, 2.24) is 15.5 Å². The van der Waals surface area contributed by atoms with Crippen molar-refractivity contribution in [2.24, 2.45) is 11.8 Å². The number of benzene rings is 2. The molecule has 1 unspecified atom stereocenters. The molecule has 196 valence electrons. The second-order valence-electron chi connectivity index (χ2n) is 9.36. The Hall–Kier alpha value is -2.78. The molecule has 0 saturated carbocycles. The fraction of sp³-hybridized carbons (Fsp3) is 0.462. The lowest BCUT2D eigenvalue weighted by Crippen LogP contribution is -2.51. The molecule has 1 atom stereocenters. The van der Waals surface area contributed by atoms with Crippen LogP contribution in [0.5, 0.6) is 5.75 Å². The van der Waals surface area contributed by atoms with Gasteiger partial charge in [-0.05, 0) is 73.7 Å². The van der Waals surface area contributed by atoms with Crippen LogP contribution in [0, 0.1) is 11.8 Å². The van der Waals surface area contributed by atoms with Gasteiger partial charge in [0.25, 0.3) is 5.91 Å². The van der Waals surface area contributed by atoms with Crippen molar-refractivity contribution in [3.8, 4) is 5.75 Å². The summed E-state index contributed by atoms with van der Waals surface area (Å²) >= 11 is 5.95. The van der Waals surface area contributed by atoms with E-state index in [0.29, 0.717) is 17.5 Å². The number of piperidine rings is 1. The van der Waals surface area contributed by atoms with Crippen LogP contribution in [0.4, 0.5) is 13.2 Å². The smallest absolute Gasteiger partial charge is 0.406 e. The highest BCUT2D eigenvalue weighted by atomic mass is 35.5. The summed E-state index contributed by atoms with van der Waals surface area (Å²) in [6.45, 7) is 6.79. The zero-order valence-corrected chi connectivity index (χ0v) is 21.0. The Balaban J connectivity index is 1.48. The Bertz CT molecular complexity index is 1020. The number of carbonyl (C=O) groups is 2. The van der Waals surface area contributed by atoms with Crippen molar-refractivity contribution in [3.63, 3.8) is 0 Å². The van der Waals surface area contributed by atoms with Crippen molar-refractivity contribution in [1.29, 1.82) is 0 Å². The number of nitrogens with zero attached hydrogens (tertiary/aromatic N) is 1. The fourth-order valence-electron chi connectivity index (χ4n) is 4.15. The van der Waals surface area contributed by atoms with Crippen LogP contribution in [0.2, 0.25) is 5.02 Å². The molecule has 6 nitrogen and oxygen atoms in total. The lowest BCUT2D eigenvalue weighted by atomic mass is 9.95. The Morgan fingerprint density at radius 2 is 1.78 bits per heavy atom. The molecule has 1 fully saturated rings. The molecule has 2 aromatic rings. The molecule has 2 amide bonds. The zero-order chi connectivity index (χ0) is 26.3. The summed E-state index contributed by atoms with van der Waals surface area (Å²) in [6, 6.07) is 11.8. The monoisotopic (exact) mass is 525 g/mol. The molecule has 0 bridgehead atoms. The minimum atomic E-state index is -4.86. The maximum absolute atomic E-state index is 12.9. The largest absolute Gasteiger partial charge is 0.573 e. The summed E-state index contributed by atoms with van der Waals surface area (Å²) < 4.78 is 41.3. The third-order valence-electron chi connectivity index (χ3n) is 6.16. The summed E-state index contributed by atoms with van der Waals surface area (Å²) in [5.74, 6) is -1.35. The van der Waals surface area contributed by atoms with Gasteiger partial charge < -0.3 is 15.4 Å². The van der Waals surface area contributed by atoms with Crippen LogP contribution in [0.3, 0.4) is 0 Å². The molecule has 1 aliphatic heterocycles. The van der Waals surface area contributed by atoms with Crippen molar-refractivity contribution in [3.05, 3.63) is 64.7 Å².